The van der Waals surface area contributed by atoms with Crippen molar-refractivity contribution in [2.24, 2.45) is 0 Å². The molecule has 0 aromatic rings. The van der Waals surface area contributed by atoms with E-state index in [2.05, 4.69) is 14.2 Å². The first kappa shape index (κ1) is 35.0. The molecule has 0 N–H and O–H groups in total. The molecule has 0 heterocycles. The first-order chi connectivity index (χ1) is 13.7. The number of rotatable bonds is 6. The van der Waals surface area contributed by atoms with E-state index in [-0.39, 0.29) is 17.1 Å². The van der Waals surface area contributed by atoms with Gasteiger partial charge in [-0.25, -0.2) is 14.4 Å². The van der Waals surface area contributed by atoms with E-state index in [1.54, 1.807) is 0 Å². The van der Waals surface area contributed by atoms with Crippen molar-refractivity contribution < 1.29 is 75.4 Å². The van der Waals surface area contributed by atoms with E-state index < -0.39 is 52.5 Å². The van der Waals surface area contributed by atoms with Crippen molar-refractivity contribution in [3.8, 4) is 0 Å². The topological polar surface area (TPSA) is 199 Å². The zero-order valence-electron chi connectivity index (χ0n) is 17.5. The van der Waals surface area contributed by atoms with Crippen LogP contribution in [0.3, 0.4) is 0 Å². The Morgan fingerprint density at radius 3 is 0.774 bits per heavy atom. The smallest absolute Gasteiger partial charge is 0.868 e. The van der Waals surface area contributed by atoms with Gasteiger partial charge < -0.3 is 29.5 Å². The summed E-state index contributed by atoms with van der Waals surface area (Å²) in [5.41, 5.74) is 0. The van der Waals surface area contributed by atoms with Gasteiger partial charge in [0, 0.05) is 0 Å². The summed E-state index contributed by atoms with van der Waals surface area (Å²) in [4.78, 5) is 61.4. The maximum Gasteiger partial charge on any atom is 3.00 e. The van der Waals surface area contributed by atoms with Crippen LogP contribution in [0, 0.1) is 0 Å². The summed E-state index contributed by atoms with van der Waals surface area (Å²) in [7, 11) is 3.23. The fourth-order valence-electron chi connectivity index (χ4n) is 1.03. The Morgan fingerprint density at radius 1 is 0.516 bits per heavy atom. The standard InChI is InChI=1S/3C6H8O4.Fe/c3*1-4(7)3-5(8)6(9)10-2;/h3*3,8H,1-2H3;/q;;;+3/p-3/b3*5-3-;. The van der Waals surface area contributed by atoms with Crippen molar-refractivity contribution in [3.05, 3.63) is 35.5 Å². The molecular formula is C18H21FeO12. The maximum absolute atomic E-state index is 10.4. The minimum Gasteiger partial charge on any atom is -0.868 e. The third-order valence-electron chi connectivity index (χ3n) is 2.16. The molecule has 13 heteroatoms. The third-order valence-corrected chi connectivity index (χ3v) is 2.16. The van der Waals surface area contributed by atoms with Crippen LogP contribution < -0.4 is 15.3 Å². The first-order valence-electron chi connectivity index (χ1n) is 7.66. The Hall–Kier alpha value is -3.44. The van der Waals surface area contributed by atoms with Crippen LogP contribution in [-0.2, 0) is 60.0 Å². The molecule has 0 unspecified atom stereocenters. The first-order valence-corrected chi connectivity index (χ1v) is 7.66. The van der Waals surface area contributed by atoms with Gasteiger partial charge in [0.25, 0.3) is 0 Å². The molecule has 0 spiro atoms. The second kappa shape index (κ2) is 19.9. The molecule has 0 bridgehead atoms. The number of carbonyl (C=O) groups is 6. The Balaban J connectivity index is -0.000000174. The van der Waals surface area contributed by atoms with Crippen LogP contribution in [0.2, 0.25) is 0 Å². The molecule has 0 aromatic heterocycles. The fraction of sp³-hybridized carbons (Fsp3) is 0.333. The maximum atomic E-state index is 10.4. The van der Waals surface area contributed by atoms with Crippen LogP contribution in [0.4, 0.5) is 0 Å². The predicted molar refractivity (Wildman–Crippen MR) is 92.3 cm³/mol. The van der Waals surface area contributed by atoms with E-state index >= 15 is 0 Å². The van der Waals surface area contributed by atoms with Gasteiger partial charge in [0.15, 0.2) is 17.3 Å². The number of allylic oxidation sites excluding steroid dienone is 3. The number of hydrogen-bond donors (Lipinski definition) is 0. The second-order valence-electron chi connectivity index (χ2n) is 4.83. The molecule has 0 amide bonds. The van der Waals surface area contributed by atoms with Crippen LogP contribution in [0.25, 0.3) is 0 Å². The minimum absolute atomic E-state index is 0. The molecule has 1 radical (unpaired) electrons. The molecule has 0 aliphatic rings. The average molecular weight is 485 g/mol. The summed E-state index contributed by atoms with van der Waals surface area (Å²) >= 11 is 0. The van der Waals surface area contributed by atoms with Crippen LogP contribution in [0.5, 0.6) is 0 Å². The van der Waals surface area contributed by atoms with Gasteiger partial charge in [-0.3, -0.25) is 14.4 Å². The molecule has 12 nitrogen and oxygen atoms in total. The molecule has 0 saturated carbocycles. The van der Waals surface area contributed by atoms with Crippen LogP contribution in [0.15, 0.2) is 35.5 Å². The van der Waals surface area contributed by atoms with Gasteiger partial charge in [-0.15, -0.1) is 0 Å². The number of ether oxygens (including phenoxy) is 3. The van der Waals surface area contributed by atoms with Crippen molar-refractivity contribution >= 4 is 35.3 Å². The molecule has 0 saturated heterocycles. The minimum atomic E-state index is -1.02. The summed E-state index contributed by atoms with van der Waals surface area (Å²) in [6.45, 7) is 3.54. The van der Waals surface area contributed by atoms with E-state index in [0.717, 1.165) is 21.3 Å². The molecule has 0 aliphatic carbocycles. The van der Waals surface area contributed by atoms with Gasteiger partial charge in [-0.1, -0.05) is 0 Å². The van der Waals surface area contributed by atoms with E-state index in [1.165, 1.54) is 20.8 Å². The van der Waals surface area contributed by atoms with Crippen LogP contribution in [-0.4, -0.2) is 56.6 Å². The quantitative estimate of drug-likeness (QED) is 0.121. The van der Waals surface area contributed by atoms with Gasteiger partial charge >= 0.3 is 35.0 Å². The average Bonchev–Trinajstić information content (AvgIpc) is 2.65. The normalized spacial score (nSPS) is 10.5. The van der Waals surface area contributed by atoms with Crippen molar-refractivity contribution in [2.45, 2.75) is 20.8 Å². The van der Waals surface area contributed by atoms with Gasteiger partial charge in [0.1, 0.15) is 0 Å². The fourth-order valence-corrected chi connectivity index (χ4v) is 1.03. The summed E-state index contributed by atoms with van der Waals surface area (Å²) in [6.07, 6.45) is 2.06. The summed E-state index contributed by atoms with van der Waals surface area (Å²) in [6, 6.07) is 0. The number of hydrogen-bond acceptors (Lipinski definition) is 12. The SMILES string of the molecule is COC(=O)/C([O-])=C/C(C)=O.COC(=O)/C([O-])=C/C(C)=O.COC(=O)/C([O-])=C/C(C)=O.[Fe+3]. The summed E-state index contributed by atoms with van der Waals surface area (Å²) in [5.74, 6) is -7.21. The van der Waals surface area contributed by atoms with Gasteiger partial charge in [0.05, 0.1) is 21.3 Å². The van der Waals surface area contributed by atoms with E-state index in [4.69, 9.17) is 0 Å². The van der Waals surface area contributed by atoms with Gasteiger partial charge in [-0.05, 0) is 56.3 Å². The Kier molecular flexibility index (Phi) is 22.4. The van der Waals surface area contributed by atoms with Crippen LogP contribution in [0.1, 0.15) is 20.8 Å². The number of esters is 3. The number of ketones is 3. The van der Waals surface area contributed by atoms with Gasteiger partial charge in [0.2, 0.25) is 0 Å². The third kappa shape index (κ3) is 22.7. The van der Waals surface area contributed by atoms with E-state index in [1.807, 2.05) is 0 Å². The number of methoxy groups -OCH3 is 3. The summed E-state index contributed by atoms with van der Waals surface area (Å²) < 4.78 is 12.1. The van der Waals surface area contributed by atoms with Crippen molar-refractivity contribution in [3.63, 3.8) is 0 Å². The molecule has 31 heavy (non-hydrogen) atoms. The van der Waals surface area contributed by atoms with Crippen LogP contribution >= 0.6 is 0 Å². The van der Waals surface area contributed by atoms with Gasteiger partial charge in [-0.2, -0.15) is 0 Å². The Labute approximate surface area is 188 Å². The molecule has 0 fully saturated rings. The zero-order chi connectivity index (χ0) is 24.4. The van der Waals surface area contributed by atoms with Crippen molar-refractivity contribution in [1.82, 2.24) is 0 Å². The predicted octanol–water partition coefficient (Wildman–Crippen LogP) is -3.02. The van der Waals surface area contributed by atoms with E-state index in [0.29, 0.717) is 18.2 Å². The molecular weight excluding hydrogens is 464 g/mol. The number of carbonyl (C=O) groups excluding carboxylic acids is 6. The van der Waals surface area contributed by atoms with E-state index in [9.17, 15) is 44.1 Å². The largest absolute Gasteiger partial charge is 3.00 e. The summed E-state index contributed by atoms with van der Waals surface area (Å²) in [5, 5.41) is 31.3. The monoisotopic (exact) mass is 485 g/mol. The van der Waals surface area contributed by atoms with Crippen molar-refractivity contribution in [2.75, 3.05) is 21.3 Å². The molecule has 173 valence electrons. The Bertz CT molecular complexity index is 647. The van der Waals surface area contributed by atoms with Crippen molar-refractivity contribution in [1.29, 1.82) is 0 Å². The zero-order valence-corrected chi connectivity index (χ0v) is 18.6. The molecule has 0 aliphatic heterocycles. The molecule has 0 atom stereocenters. The molecule has 0 rings (SSSR count). The second-order valence-corrected chi connectivity index (χ2v) is 4.83. The Morgan fingerprint density at radius 2 is 0.677 bits per heavy atom. The molecule has 0 aromatic carbocycles.